The summed E-state index contributed by atoms with van der Waals surface area (Å²) < 4.78 is 13.8. The molecule has 0 aliphatic carbocycles. The highest BCUT2D eigenvalue weighted by atomic mass is 19.1. The molecule has 2 rings (SSSR count). The molecule has 2 amide bonds. The number of amides is 2. The van der Waals surface area contributed by atoms with Crippen LogP contribution in [0.3, 0.4) is 0 Å². The molecule has 0 saturated heterocycles. The van der Waals surface area contributed by atoms with Crippen molar-refractivity contribution in [3.05, 3.63) is 70.5 Å². The van der Waals surface area contributed by atoms with Gasteiger partial charge in [-0.1, -0.05) is 30.3 Å². The first kappa shape index (κ1) is 18.9. The zero-order chi connectivity index (χ0) is 18.2. The smallest absolute Gasteiger partial charge is 0.315 e. The van der Waals surface area contributed by atoms with Crippen molar-refractivity contribution < 1.29 is 14.3 Å². The SMILES string of the molecule is CN(C)Cc1cc(CNC(=O)NCc2ccccc2CO)ccc1F. The number of rotatable bonds is 7. The van der Waals surface area contributed by atoms with Crippen LogP contribution in [0.1, 0.15) is 22.3 Å². The topological polar surface area (TPSA) is 64.6 Å². The molecule has 0 unspecified atom stereocenters. The third-order valence-electron chi connectivity index (χ3n) is 3.78. The Kier molecular flexibility index (Phi) is 6.91. The molecule has 25 heavy (non-hydrogen) atoms. The van der Waals surface area contributed by atoms with Crippen LogP contribution in [0.25, 0.3) is 0 Å². The number of urea groups is 1. The van der Waals surface area contributed by atoms with E-state index in [1.54, 1.807) is 12.1 Å². The third-order valence-corrected chi connectivity index (χ3v) is 3.78. The molecule has 0 atom stereocenters. The minimum Gasteiger partial charge on any atom is -0.392 e. The van der Waals surface area contributed by atoms with Crippen molar-refractivity contribution in [2.75, 3.05) is 14.1 Å². The lowest BCUT2D eigenvalue weighted by Crippen LogP contribution is -2.34. The maximum atomic E-state index is 13.8. The molecule has 0 aromatic heterocycles. The maximum Gasteiger partial charge on any atom is 0.315 e. The molecular formula is C19H24FN3O2. The van der Waals surface area contributed by atoms with Crippen LogP contribution in [0.15, 0.2) is 42.5 Å². The van der Waals surface area contributed by atoms with Crippen LogP contribution in [0.2, 0.25) is 0 Å². The van der Waals surface area contributed by atoms with Crippen LogP contribution >= 0.6 is 0 Å². The zero-order valence-corrected chi connectivity index (χ0v) is 14.6. The average molecular weight is 345 g/mol. The second kappa shape index (κ2) is 9.15. The lowest BCUT2D eigenvalue weighted by molar-refractivity contribution is 0.239. The highest BCUT2D eigenvalue weighted by molar-refractivity contribution is 5.73. The Bertz CT molecular complexity index is 720. The number of nitrogens with zero attached hydrogens (tertiary/aromatic N) is 1. The maximum absolute atomic E-state index is 13.8. The molecule has 2 aromatic carbocycles. The summed E-state index contributed by atoms with van der Waals surface area (Å²) in [6.07, 6.45) is 0. The van der Waals surface area contributed by atoms with Crippen molar-refractivity contribution in [2.24, 2.45) is 0 Å². The van der Waals surface area contributed by atoms with Crippen LogP contribution in [-0.4, -0.2) is 30.1 Å². The van der Waals surface area contributed by atoms with Gasteiger partial charge in [-0.15, -0.1) is 0 Å². The zero-order valence-electron chi connectivity index (χ0n) is 14.6. The first-order valence-corrected chi connectivity index (χ1v) is 8.11. The predicted molar refractivity (Wildman–Crippen MR) is 95.2 cm³/mol. The highest BCUT2D eigenvalue weighted by Crippen LogP contribution is 2.12. The Morgan fingerprint density at radius 2 is 1.72 bits per heavy atom. The van der Waals surface area contributed by atoms with E-state index in [-0.39, 0.29) is 18.5 Å². The van der Waals surface area contributed by atoms with E-state index >= 15 is 0 Å². The lowest BCUT2D eigenvalue weighted by Gasteiger charge is -2.13. The number of carbonyl (C=O) groups is 1. The molecule has 5 nitrogen and oxygen atoms in total. The Labute approximate surface area is 147 Å². The minimum absolute atomic E-state index is 0.0658. The molecule has 0 fully saturated rings. The minimum atomic E-state index is -0.314. The van der Waals surface area contributed by atoms with Crippen molar-refractivity contribution in [3.63, 3.8) is 0 Å². The molecule has 0 spiro atoms. The lowest BCUT2D eigenvalue weighted by atomic mass is 10.1. The molecule has 0 radical (unpaired) electrons. The van der Waals surface area contributed by atoms with E-state index in [0.29, 0.717) is 25.2 Å². The molecule has 2 aromatic rings. The second-order valence-electron chi connectivity index (χ2n) is 6.13. The van der Waals surface area contributed by atoms with Gasteiger partial charge in [0, 0.05) is 25.2 Å². The van der Waals surface area contributed by atoms with E-state index in [1.165, 1.54) is 6.07 Å². The van der Waals surface area contributed by atoms with Crippen LogP contribution in [-0.2, 0) is 26.2 Å². The fourth-order valence-electron chi connectivity index (χ4n) is 2.50. The van der Waals surface area contributed by atoms with E-state index in [9.17, 15) is 14.3 Å². The molecule has 0 saturated carbocycles. The van der Waals surface area contributed by atoms with Crippen molar-refractivity contribution in [1.82, 2.24) is 15.5 Å². The Hall–Kier alpha value is -2.44. The van der Waals surface area contributed by atoms with Crippen LogP contribution in [0.5, 0.6) is 0 Å². The van der Waals surface area contributed by atoms with Crippen molar-refractivity contribution in [1.29, 1.82) is 0 Å². The van der Waals surface area contributed by atoms with Gasteiger partial charge in [-0.05, 0) is 42.9 Å². The largest absolute Gasteiger partial charge is 0.392 e. The Morgan fingerprint density at radius 3 is 2.40 bits per heavy atom. The number of nitrogens with one attached hydrogen (secondary N) is 2. The summed E-state index contributed by atoms with van der Waals surface area (Å²) in [5.41, 5.74) is 3.09. The molecule has 0 heterocycles. The number of aliphatic hydroxyl groups is 1. The summed E-state index contributed by atoms with van der Waals surface area (Å²) in [4.78, 5) is 13.8. The summed E-state index contributed by atoms with van der Waals surface area (Å²) in [6.45, 7) is 1.08. The third kappa shape index (κ3) is 5.85. The quantitative estimate of drug-likeness (QED) is 0.722. The first-order chi connectivity index (χ1) is 12.0. The molecule has 3 N–H and O–H groups in total. The van der Waals surface area contributed by atoms with Gasteiger partial charge < -0.3 is 20.6 Å². The molecule has 0 bridgehead atoms. The molecule has 0 aliphatic rings. The van der Waals surface area contributed by atoms with Gasteiger partial charge in [0.1, 0.15) is 5.82 Å². The summed E-state index contributed by atoms with van der Waals surface area (Å²) in [7, 11) is 3.75. The Morgan fingerprint density at radius 1 is 1.04 bits per heavy atom. The van der Waals surface area contributed by atoms with E-state index in [1.807, 2.05) is 43.3 Å². The second-order valence-corrected chi connectivity index (χ2v) is 6.13. The normalized spacial score (nSPS) is 10.8. The van der Waals surface area contributed by atoms with Crippen LogP contribution in [0.4, 0.5) is 9.18 Å². The van der Waals surface area contributed by atoms with Crippen molar-refractivity contribution in [3.8, 4) is 0 Å². The van der Waals surface area contributed by atoms with Gasteiger partial charge in [0.15, 0.2) is 0 Å². The highest BCUT2D eigenvalue weighted by Gasteiger charge is 2.07. The van der Waals surface area contributed by atoms with E-state index in [2.05, 4.69) is 10.6 Å². The number of aliphatic hydroxyl groups excluding tert-OH is 1. The number of hydrogen-bond donors (Lipinski definition) is 3. The predicted octanol–water partition coefficient (Wildman–Crippen LogP) is 2.38. The fourth-order valence-corrected chi connectivity index (χ4v) is 2.50. The molecule has 0 aliphatic heterocycles. The van der Waals surface area contributed by atoms with Crippen LogP contribution in [0, 0.1) is 5.82 Å². The summed E-state index contributed by atoms with van der Waals surface area (Å²) >= 11 is 0. The van der Waals surface area contributed by atoms with Crippen molar-refractivity contribution >= 4 is 6.03 Å². The number of halogens is 1. The van der Waals surface area contributed by atoms with Crippen molar-refractivity contribution in [2.45, 2.75) is 26.2 Å². The van der Waals surface area contributed by atoms with Gasteiger partial charge in [0.05, 0.1) is 6.61 Å². The standard InChI is InChI=1S/C19H24FN3O2/c1-23(2)12-17-9-14(7-8-18(17)20)10-21-19(25)22-11-15-5-3-4-6-16(15)13-24/h3-9,24H,10-13H2,1-2H3,(H2,21,22,25). The van der Waals surface area contributed by atoms with Gasteiger partial charge in [-0.25, -0.2) is 9.18 Å². The number of hydrogen-bond acceptors (Lipinski definition) is 3. The van der Waals surface area contributed by atoms with Gasteiger partial charge in [0.2, 0.25) is 0 Å². The van der Waals surface area contributed by atoms with E-state index < -0.39 is 0 Å². The fraction of sp³-hybridized carbons (Fsp3) is 0.316. The van der Waals surface area contributed by atoms with Gasteiger partial charge in [-0.2, -0.15) is 0 Å². The van der Waals surface area contributed by atoms with E-state index in [0.717, 1.165) is 16.7 Å². The van der Waals surface area contributed by atoms with Gasteiger partial charge >= 0.3 is 6.03 Å². The van der Waals surface area contributed by atoms with Crippen LogP contribution < -0.4 is 10.6 Å². The van der Waals surface area contributed by atoms with E-state index in [4.69, 9.17) is 0 Å². The molecular weight excluding hydrogens is 321 g/mol. The summed E-state index contributed by atoms with van der Waals surface area (Å²) in [6, 6.07) is 11.9. The summed E-state index contributed by atoms with van der Waals surface area (Å²) in [5, 5.41) is 14.8. The molecule has 134 valence electrons. The number of benzene rings is 2. The molecule has 6 heteroatoms. The average Bonchev–Trinajstić information content (AvgIpc) is 2.60. The summed E-state index contributed by atoms with van der Waals surface area (Å²) in [5.74, 6) is -0.248. The Balaban J connectivity index is 1.87. The first-order valence-electron chi connectivity index (χ1n) is 8.11. The van der Waals surface area contributed by atoms with Gasteiger partial charge in [0.25, 0.3) is 0 Å². The number of carbonyl (C=O) groups excluding carboxylic acids is 1. The van der Waals surface area contributed by atoms with Gasteiger partial charge in [-0.3, -0.25) is 0 Å². The monoisotopic (exact) mass is 345 g/mol.